The van der Waals surface area contributed by atoms with E-state index in [-0.39, 0.29) is 29.6 Å². The number of carbonyl (C=O) groups excluding carboxylic acids is 2. The van der Waals surface area contributed by atoms with Crippen LogP contribution in [0.3, 0.4) is 0 Å². The van der Waals surface area contributed by atoms with Crippen LogP contribution in [0.15, 0.2) is 59.4 Å². The number of likely N-dealkylation sites (N-methyl/N-ethyl adjacent to an activating group) is 1. The molecule has 9 rings (SSSR count). The van der Waals surface area contributed by atoms with E-state index in [1.54, 1.807) is 10.6 Å². The number of piperidine rings is 4. The zero-order valence-electron chi connectivity index (χ0n) is 35.1. The number of imide groups is 1. The Labute approximate surface area is 351 Å². The second-order valence-electron chi connectivity index (χ2n) is 18.0. The topological polar surface area (TPSA) is 120 Å². The number of pyridine rings is 1. The van der Waals surface area contributed by atoms with Crippen molar-refractivity contribution in [2.45, 2.75) is 64.3 Å². The Hall–Kier alpha value is -5.61. The molecule has 0 bridgehead atoms. The van der Waals surface area contributed by atoms with E-state index in [2.05, 4.69) is 60.4 Å². The molecule has 1 atom stereocenters. The van der Waals surface area contributed by atoms with E-state index in [1.165, 1.54) is 18.9 Å². The Morgan fingerprint density at radius 3 is 2.25 bits per heavy atom. The predicted molar refractivity (Wildman–Crippen MR) is 236 cm³/mol. The Kier molecular flexibility index (Phi) is 10.7. The highest BCUT2D eigenvalue weighted by molar-refractivity contribution is 6.01. The van der Waals surface area contributed by atoms with Gasteiger partial charge in [-0.05, 0) is 131 Å². The van der Waals surface area contributed by atoms with Crippen molar-refractivity contribution in [2.75, 3.05) is 90.9 Å². The first-order chi connectivity index (χ1) is 29.0. The van der Waals surface area contributed by atoms with Crippen LogP contribution in [0.2, 0.25) is 0 Å². The van der Waals surface area contributed by atoms with Crippen molar-refractivity contribution in [3.05, 3.63) is 81.9 Å². The number of aryl methyl sites for hydroxylation is 2. The maximum absolute atomic E-state index is 15.3. The van der Waals surface area contributed by atoms with Crippen molar-refractivity contribution in [3.8, 4) is 6.07 Å². The molecule has 0 saturated carbocycles. The average Bonchev–Trinajstić information content (AvgIpc) is 3.25. The minimum Gasteiger partial charge on any atom is -0.374 e. The molecule has 6 heterocycles. The van der Waals surface area contributed by atoms with Crippen molar-refractivity contribution < 1.29 is 14.0 Å². The molecule has 12 nitrogen and oxygen atoms in total. The van der Waals surface area contributed by atoms with Gasteiger partial charge in [0.05, 0.1) is 39.9 Å². The summed E-state index contributed by atoms with van der Waals surface area (Å²) in [5.41, 5.74) is 8.13. The third-order valence-electron chi connectivity index (χ3n) is 14.3. The smallest absolute Gasteiger partial charge is 0.253 e. The molecule has 2 amide bonds. The van der Waals surface area contributed by atoms with E-state index in [0.29, 0.717) is 34.7 Å². The quantitative estimate of drug-likeness (QED) is 0.207. The molecule has 1 spiro atoms. The van der Waals surface area contributed by atoms with Crippen LogP contribution in [-0.4, -0.2) is 93.3 Å². The lowest BCUT2D eigenvalue weighted by Crippen LogP contribution is -2.48. The highest BCUT2D eigenvalue weighted by Crippen LogP contribution is 2.46. The van der Waals surface area contributed by atoms with Crippen molar-refractivity contribution in [1.29, 1.82) is 5.26 Å². The van der Waals surface area contributed by atoms with Gasteiger partial charge in [-0.15, -0.1) is 0 Å². The van der Waals surface area contributed by atoms with Crippen LogP contribution in [0, 0.1) is 35.4 Å². The molecule has 0 aliphatic carbocycles. The first-order valence-electron chi connectivity index (χ1n) is 21.8. The van der Waals surface area contributed by atoms with E-state index in [4.69, 9.17) is 0 Å². The average molecular weight is 814 g/mol. The summed E-state index contributed by atoms with van der Waals surface area (Å²) in [5.74, 6) is -0.337. The lowest BCUT2D eigenvalue weighted by atomic mass is 9.71. The molecule has 1 unspecified atom stereocenters. The molecule has 5 aliphatic heterocycles. The number of hydrogen-bond donors (Lipinski definition) is 2. The molecule has 4 aromatic rings. The summed E-state index contributed by atoms with van der Waals surface area (Å²) in [5, 5.41) is 16.3. The van der Waals surface area contributed by atoms with Gasteiger partial charge in [0.15, 0.2) is 0 Å². The van der Waals surface area contributed by atoms with Crippen molar-refractivity contribution in [3.63, 3.8) is 0 Å². The zero-order valence-corrected chi connectivity index (χ0v) is 35.1. The number of halogens is 1. The van der Waals surface area contributed by atoms with Gasteiger partial charge in [0.1, 0.15) is 11.9 Å². The Morgan fingerprint density at radius 2 is 1.53 bits per heavy atom. The van der Waals surface area contributed by atoms with E-state index in [9.17, 15) is 19.6 Å². The summed E-state index contributed by atoms with van der Waals surface area (Å²) < 4.78 is 17.1. The van der Waals surface area contributed by atoms with Crippen LogP contribution in [0.4, 0.5) is 38.5 Å². The number of aromatic nitrogens is 1. The molecular formula is C47H56FN9O3. The second-order valence-corrected chi connectivity index (χ2v) is 18.0. The molecule has 3 aromatic carbocycles. The summed E-state index contributed by atoms with van der Waals surface area (Å²) in [7, 11) is 3.98. The van der Waals surface area contributed by atoms with E-state index < -0.39 is 6.04 Å². The zero-order chi connectivity index (χ0) is 41.7. The van der Waals surface area contributed by atoms with Crippen LogP contribution in [0.25, 0.3) is 10.9 Å². The van der Waals surface area contributed by atoms with Gasteiger partial charge in [0.2, 0.25) is 11.8 Å². The summed E-state index contributed by atoms with van der Waals surface area (Å²) in [4.78, 5) is 48.8. The highest BCUT2D eigenvalue weighted by atomic mass is 19.1. The number of carbonyl (C=O) groups is 2. The van der Waals surface area contributed by atoms with Crippen molar-refractivity contribution >= 4 is 56.8 Å². The fourth-order valence-corrected chi connectivity index (χ4v) is 10.5. The number of likely N-dealkylation sites (tertiary alicyclic amines) is 1. The number of amides is 2. The van der Waals surface area contributed by atoms with Gasteiger partial charge in [0.25, 0.3) is 5.56 Å². The van der Waals surface area contributed by atoms with Gasteiger partial charge >= 0.3 is 0 Å². The van der Waals surface area contributed by atoms with Crippen LogP contribution in [0.5, 0.6) is 0 Å². The van der Waals surface area contributed by atoms with Gasteiger partial charge in [-0.25, -0.2) is 4.39 Å². The molecule has 314 valence electrons. The van der Waals surface area contributed by atoms with Crippen LogP contribution in [0.1, 0.15) is 62.5 Å². The molecule has 13 heteroatoms. The maximum Gasteiger partial charge on any atom is 0.253 e. The standard InChI is InChI=1S/C47H56FN9O3/c1-31-24-36-41(53(3)46(31)60)27-35(28-42(36)57-23-22-52(2)40-7-4-33(29-49)25-43(40)57)55-20-14-47(15-21-55)12-18-54(19-13-47)30-32-10-16-56(17-11-32)39-8-5-34(26-37(39)48)50-38-6-9-44(58)51-45(38)59/h4-5,7-8,24-28,32,38,50H,6,9-23,30H2,1-3H3,(H,51,58,59). The summed E-state index contributed by atoms with van der Waals surface area (Å²) in [6.07, 6.45) is 7.45. The fraction of sp³-hybridized carbons (Fsp3) is 0.489. The third-order valence-corrected chi connectivity index (χ3v) is 14.3. The van der Waals surface area contributed by atoms with E-state index >= 15 is 4.39 Å². The number of benzene rings is 3. The fourth-order valence-electron chi connectivity index (χ4n) is 10.5. The number of nitrogens with one attached hydrogen (secondary N) is 2. The van der Waals surface area contributed by atoms with Gasteiger partial charge < -0.3 is 34.4 Å². The number of rotatable bonds is 7. The first-order valence-corrected chi connectivity index (χ1v) is 21.8. The molecule has 1 aromatic heterocycles. The largest absolute Gasteiger partial charge is 0.374 e. The van der Waals surface area contributed by atoms with Crippen LogP contribution in [-0.2, 0) is 16.6 Å². The van der Waals surface area contributed by atoms with Crippen LogP contribution >= 0.6 is 0 Å². The SMILES string of the molecule is Cc1cc2c(N3CCN(C)c4ccc(C#N)cc43)cc(N3CCC4(CCN(CC5CCN(c6ccc(NC7CCC(=O)NC7=O)cc6F)CC5)CC4)CC3)cc2n(C)c1=O. The van der Waals surface area contributed by atoms with Gasteiger partial charge in [0, 0.05) is 88.7 Å². The summed E-state index contributed by atoms with van der Waals surface area (Å²) in [6.45, 7) is 10.4. The molecule has 5 aliphatic rings. The molecule has 4 fully saturated rings. The molecule has 0 radical (unpaired) electrons. The predicted octanol–water partition coefficient (Wildman–Crippen LogP) is 6.26. The van der Waals surface area contributed by atoms with Crippen LogP contribution < -0.4 is 35.8 Å². The molecule has 4 saturated heterocycles. The minimum absolute atomic E-state index is 0.0211. The molecule has 2 N–H and O–H groups in total. The maximum atomic E-state index is 15.3. The molecular weight excluding hydrogens is 758 g/mol. The lowest BCUT2D eigenvalue weighted by Gasteiger charge is -2.48. The van der Waals surface area contributed by atoms with E-state index in [0.717, 1.165) is 124 Å². The Balaban J connectivity index is 0.815. The van der Waals surface area contributed by atoms with Gasteiger partial charge in [-0.3, -0.25) is 19.7 Å². The number of anilines is 6. The van der Waals surface area contributed by atoms with Crippen molar-refractivity contribution in [2.24, 2.45) is 18.4 Å². The number of fused-ring (bicyclic) bond motifs is 2. The number of nitrogens with zero attached hydrogens (tertiary/aromatic N) is 7. The minimum atomic E-state index is -0.540. The number of nitriles is 1. The van der Waals surface area contributed by atoms with Gasteiger partial charge in [-0.1, -0.05) is 0 Å². The lowest BCUT2D eigenvalue weighted by molar-refractivity contribution is -0.133. The second kappa shape index (κ2) is 16.1. The third kappa shape index (κ3) is 7.66. The molecule has 60 heavy (non-hydrogen) atoms. The first kappa shape index (κ1) is 39.8. The Bertz CT molecular complexity index is 2420. The normalized spacial score (nSPS) is 21.3. The summed E-state index contributed by atoms with van der Waals surface area (Å²) in [6, 6.07) is 19.4. The summed E-state index contributed by atoms with van der Waals surface area (Å²) >= 11 is 0. The van der Waals surface area contributed by atoms with E-state index in [1.807, 2.05) is 44.3 Å². The van der Waals surface area contributed by atoms with Crippen molar-refractivity contribution in [1.82, 2.24) is 14.8 Å². The number of hydrogen-bond acceptors (Lipinski definition) is 10. The Morgan fingerprint density at radius 1 is 0.800 bits per heavy atom. The monoisotopic (exact) mass is 813 g/mol. The highest BCUT2D eigenvalue weighted by Gasteiger charge is 2.39. The van der Waals surface area contributed by atoms with Gasteiger partial charge in [-0.2, -0.15) is 5.26 Å².